The minimum Gasteiger partial charge on any atom is -0.365 e. The molecule has 1 saturated heterocycles. The van der Waals surface area contributed by atoms with Crippen LogP contribution in [0.4, 0.5) is 5.13 Å². The van der Waals surface area contributed by atoms with Crippen molar-refractivity contribution in [3.05, 3.63) is 11.1 Å². The highest BCUT2D eigenvalue weighted by atomic mass is 32.1. The average Bonchev–Trinajstić information content (AvgIpc) is 2.94. The number of hydrogen-bond acceptors (Lipinski definition) is 5. The third-order valence-electron chi connectivity index (χ3n) is 3.70. The number of carbonyl (C=O) groups excluding carboxylic acids is 3. The lowest BCUT2D eigenvalue weighted by atomic mass is 9.91. The van der Waals surface area contributed by atoms with E-state index in [2.05, 4.69) is 10.3 Å². The van der Waals surface area contributed by atoms with Gasteiger partial charge in [0.15, 0.2) is 5.13 Å². The number of hydrogen-bond donors (Lipinski definition) is 2. The third kappa shape index (κ3) is 4.28. The van der Waals surface area contributed by atoms with Gasteiger partial charge in [0.05, 0.1) is 12.1 Å². The van der Waals surface area contributed by atoms with Crippen LogP contribution in [0.3, 0.4) is 0 Å². The number of nitrogens with one attached hydrogen (secondary N) is 1. The van der Waals surface area contributed by atoms with E-state index < -0.39 is 11.3 Å². The second-order valence-electron chi connectivity index (χ2n) is 6.72. The fourth-order valence-corrected chi connectivity index (χ4v) is 3.17. The van der Waals surface area contributed by atoms with Crippen LogP contribution in [0.25, 0.3) is 0 Å². The van der Waals surface area contributed by atoms with Crippen LogP contribution in [0.1, 0.15) is 43.3 Å². The number of rotatable bonds is 3. The molecule has 1 aliphatic rings. The van der Waals surface area contributed by atoms with E-state index in [0.29, 0.717) is 23.1 Å². The van der Waals surface area contributed by atoms with E-state index in [-0.39, 0.29) is 17.7 Å². The first-order valence-corrected chi connectivity index (χ1v) is 8.36. The zero-order valence-corrected chi connectivity index (χ0v) is 14.4. The molecule has 3 amide bonds. The highest BCUT2D eigenvalue weighted by Gasteiger charge is 2.33. The Morgan fingerprint density at radius 2 is 2.09 bits per heavy atom. The maximum Gasteiger partial charge on any atom is 0.260 e. The van der Waals surface area contributed by atoms with Crippen LogP contribution in [0.2, 0.25) is 0 Å². The van der Waals surface area contributed by atoms with E-state index in [1.807, 2.05) is 20.8 Å². The van der Waals surface area contributed by atoms with Gasteiger partial charge in [-0.2, -0.15) is 0 Å². The van der Waals surface area contributed by atoms with Crippen LogP contribution < -0.4 is 11.1 Å². The highest BCUT2D eigenvalue weighted by Crippen LogP contribution is 2.25. The quantitative estimate of drug-likeness (QED) is 0.870. The van der Waals surface area contributed by atoms with Gasteiger partial charge in [-0.1, -0.05) is 32.1 Å². The van der Waals surface area contributed by atoms with E-state index in [4.69, 9.17) is 5.73 Å². The summed E-state index contributed by atoms with van der Waals surface area (Å²) < 4.78 is 0. The second kappa shape index (κ2) is 6.66. The van der Waals surface area contributed by atoms with Crippen LogP contribution in [-0.2, 0) is 9.59 Å². The van der Waals surface area contributed by atoms with Gasteiger partial charge < -0.3 is 16.0 Å². The molecule has 8 heteroatoms. The molecule has 0 saturated carbocycles. The normalized spacial score (nSPS) is 18.6. The van der Waals surface area contributed by atoms with Crippen molar-refractivity contribution < 1.29 is 14.4 Å². The predicted molar refractivity (Wildman–Crippen MR) is 88.0 cm³/mol. The van der Waals surface area contributed by atoms with Crippen LogP contribution in [-0.4, -0.2) is 40.7 Å². The van der Waals surface area contributed by atoms with Crippen molar-refractivity contribution in [1.29, 1.82) is 0 Å². The summed E-state index contributed by atoms with van der Waals surface area (Å²) >= 11 is 1.05. The maximum atomic E-state index is 12.4. The molecule has 1 fully saturated rings. The molecule has 1 atom stereocenters. The standard InChI is InChI=1S/C15H22N4O3S/c1-15(2,3)13(22)19-6-4-5-9(8-19)12(21)18-14-17-7-10(23-14)11(16)20/h7,9H,4-6,8H2,1-3H3,(H2,16,20)(H,17,18,21)/t9-/m1/s1. The molecule has 2 heterocycles. The van der Waals surface area contributed by atoms with Gasteiger partial charge in [-0.05, 0) is 12.8 Å². The molecule has 1 aliphatic heterocycles. The summed E-state index contributed by atoms with van der Waals surface area (Å²) in [4.78, 5) is 41.8. The molecular formula is C15H22N4O3S. The molecular weight excluding hydrogens is 316 g/mol. The fourth-order valence-electron chi connectivity index (χ4n) is 2.50. The van der Waals surface area contributed by atoms with Crippen LogP contribution >= 0.6 is 11.3 Å². The fraction of sp³-hybridized carbons (Fsp3) is 0.600. The van der Waals surface area contributed by atoms with Crippen molar-refractivity contribution in [2.75, 3.05) is 18.4 Å². The van der Waals surface area contributed by atoms with Crippen molar-refractivity contribution in [1.82, 2.24) is 9.88 Å². The Labute approximate surface area is 139 Å². The maximum absolute atomic E-state index is 12.4. The summed E-state index contributed by atoms with van der Waals surface area (Å²) in [6.07, 6.45) is 2.87. The van der Waals surface area contributed by atoms with E-state index in [9.17, 15) is 14.4 Å². The number of anilines is 1. The number of likely N-dealkylation sites (tertiary alicyclic amines) is 1. The third-order valence-corrected chi connectivity index (χ3v) is 4.63. The van der Waals surface area contributed by atoms with Gasteiger partial charge in [0.2, 0.25) is 11.8 Å². The summed E-state index contributed by atoms with van der Waals surface area (Å²) in [6, 6.07) is 0. The number of thiazole rings is 1. The van der Waals surface area contributed by atoms with Gasteiger partial charge in [-0.25, -0.2) is 4.98 Å². The molecule has 1 aromatic heterocycles. The summed E-state index contributed by atoms with van der Waals surface area (Å²) in [7, 11) is 0. The molecule has 7 nitrogen and oxygen atoms in total. The number of carbonyl (C=O) groups is 3. The molecule has 0 spiro atoms. The summed E-state index contributed by atoms with van der Waals surface area (Å²) in [5.41, 5.74) is 4.71. The Kier molecular flexibility index (Phi) is 5.03. The van der Waals surface area contributed by atoms with Crippen LogP contribution in [0.15, 0.2) is 6.20 Å². The van der Waals surface area contributed by atoms with Crippen molar-refractivity contribution in [2.24, 2.45) is 17.1 Å². The Morgan fingerprint density at radius 3 is 2.65 bits per heavy atom. The molecule has 2 rings (SSSR count). The molecule has 0 aromatic carbocycles. The van der Waals surface area contributed by atoms with E-state index in [1.165, 1.54) is 6.20 Å². The number of piperidine rings is 1. The van der Waals surface area contributed by atoms with Gasteiger partial charge in [0, 0.05) is 18.5 Å². The summed E-state index contributed by atoms with van der Waals surface area (Å²) in [5.74, 6) is -0.958. The van der Waals surface area contributed by atoms with Gasteiger partial charge in [-0.15, -0.1) is 0 Å². The molecule has 126 valence electrons. The Bertz CT molecular complexity index is 620. The molecule has 3 N–H and O–H groups in total. The summed E-state index contributed by atoms with van der Waals surface area (Å²) in [6.45, 7) is 6.72. The first kappa shape index (κ1) is 17.4. The first-order valence-electron chi connectivity index (χ1n) is 7.54. The van der Waals surface area contributed by atoms with Crippen molar-refractivity contribution in [3.8, 4) is 0 Å². The van der Waals surface area contributed by atoms with Crippen LogP contribution in [0, 0.1) is 11.3 Å². The van der Waals surface area contributed by atoms with Crippen molar-refractivity contribution in [2.45, 2.75) is 33.6 Å². The average molecular weight is 338 g/mol. The predicted octanol–water partition coefficient (Wildman–Crippen LogP) is 1.47. The zero-order valence-electron chi connectivity index (χ0n) is 13.6. The van der Waals surface area contributed by atoms with Gasteiger partial charge in [0.25, 0.3) is 5.91 Å². The van der Waals surface area contributed by atoms with Gasteiger partial charge in [-0.3, -0.25) is 14.4 Å². The molecule has 0 bridgehead atoms. The lowest BCUT2D eigenvalue weighted by molar-refractivity contribution is -0.142. The van der Waals surface area contributed by atoms with E-state index >= 15 is 0 Å². The van der Waals surface area contributed by atoms with Crippen molar-refractivity contribution in [3.63, 3.8) is 0 Å². The molecule has 0 radical (unpaired) electrons. The highest BCUT2D eigenvalue weighted by molar-refractivity contribution is 7.17. The largest absolute Gasteiger partial charge is 0.365 e. The second-order valence-corrected chi connectivity index (χ2v) is 7.75. The van der Waals surface area contributed by atoms with Gasteiger partial charge in [0.1, 0.15) is 4.88 Å². The molecule has 0 aliphatic carbocycles. The Balaban J connectivity index is 1.99. The van der Waals surface area contributed by atoms with Crippen molar-refractivity contribution >= 4 is 34.2 Å². The number of nitrogens with two attached hydrogens (primary N) is 1. The SMILES string of the molecule is CC(C)(C)C(=O)N1CCC[C@@H](C(=O)Nc2ncc(C(N)=O)s2)C1. The number of aromatic nitrogens is 1. The number of nitrogens with zero attached hydrogens (tertiary/aromatic N) is 2. The zero-order chi connectivity index (χ0) is 17.2. The molecule has 1 aromatic rings. The first-order chi connectivity index (χ1) is 10.7. The monoisotopic (exact) mass is 338 g/mol. The lowest BCUT2D eigenvalue weighted by Gasteiger charge is -2.35. The molecule has 23 heavy (non-hydrogen) atoms. The Hall–Kier alpha value is -1.96. The number of amides is 3. The Morgan fingerprint density at radius 1 is 1.39 bits per heavy atom. The van der Waals surface area contributed by atoms with E-state index in [0.717, 1.165) is 24.2 Å². The summed E-state index contributed by atoms with van der Waals surface area (Å²) in [5, 5.41) is 3.06. The smallest absolute Gasteiger partial charge is 0.260 e. The van der Waals surface area contributed by atoms with E-state index in [1.54, 1.807) is 4.90 Å². The topological polar surface area (TPSA) is 105 Å². The molecule has 0 unspecified atom stereocenters. The lowest BCUT2D eigenvalue weighted by Crippen LogP contribution is -2.47. The minimum absolute atomic E-state index is 0.0558. The van der Waals surface area contributed by atoms with Crippen LogP contribution in [0.5, 0.6) is 0 Å². The minimum atomic E-state index is -0.567. The van der Waals surface area contributed by atoms with Gasteiger partial charge >= 0.3 is 0 Å². The number of primary amides is 1.